The van der Waals surface area contributed by atoms with E-state index in [1.165, 1.54) is 12.4 Å². The van der Waals surface area contributed by atoms with Gasteiger partial charge in [-0.25, -0.2) is 9.78 Å². The van der Waals surface area contributed by atoms with Crippen molar-refractivity contribution < 1.29 is 4.79 Å². The number of rotatable bonds is 4. The van der Waals surface area contributed by atoms with Crippen LogP contribution in [0, 0.1) is 0 Å². The van der Waals surface area contributed by atoms with Crippen LogP contribution >= 0.6 is 23.2 Å². The molecule has 0 radical (unpaired) electrons. The molecule has 6 nitrogen and oxygen atoms in total. The molecule has 126 valence electrons. The summed E-state index contributed by atoms with van der Waals surface area (Å²) in [6, 6.07) is 6.49. The van der Waals surface area contributed by atoms with Crippen molar-refractivity contribution in [3.63, 3.8) is 0 Å². The average Bonchev–Trinajstić information content (AvgIpc) is 2.49. The maximum atomic E-state index is 11.9. The van der Waals surface area contributed by atoms with Crippen molar-refractivity contribution in [1.29, 1.82) is 0 Å². The fourth-order valence-corrected chi connectivity index (χ4v) is 3.14. The van der Waals surface area contributed by atoms with Gasteiger partial charge in [0.25, 0.3) is 5.56 Å². The molecule has 0 unspecified atom stereocenters. The van der Waals surface area contributed by atoms with E-state index in [1.807, 2.05) is 0 Å². The SMILES string of the molecule is O=C(NCc1ccc(Cl)cc1Cl)NC1CC(c2cc(=O)[nH]cn2)C1. The molecule has 1 aromatic heterocycles. The molecule has 1 fully saturated rings. The van der Waals surface area contributed by atoms with Crippen LogP contribution in [0.25, 0.3) is 0 Å². The normalized spacial score (nSPS) is 19.4. The summed E-state index contributed by atoms with van der Waals surface area (Å²) in [6.45, 7) is 0.327. The lowest BCUT2D eigenvalue weighted by atomic mass is 9.78. The van der Waals surface area contributed by atoms with Gasteiger partial charge < -0.3 is 15.6 Å². The van der Waals surface area contributed by atoms with E-state index in [0.717, 1.165) is 24.1 Å². The number of aromatic nitrogens is 2. The summed E-state index contributed by atoms with van der Waals surface area (Å²) >= 11 is 11.9. The molecule has 2 aromatic rings. The number of halogens is 2. The van der Waals surface area contributed by atoms with Crippen molar-refractivity contribution in [3.8, 4) is 0 Å². The van der Waals surface area contributed by atoms with E-state index in [1.54, 1.807) is 18.2 Å². The molecule has 1 heterocycles. The highest BCUT2D eigenvalue weighted by Gasteiger charge is 2.32. The number of benzene rings is 1. The van der Waals surface area contributed by atoms with Crippen LogP contribution in [0.5, 0.6) is 0 Å². The highest BCUT2D eigenvalue weighted by Crippen LogP contribution is 2.35. The Hall–Kier alpha value is -2.05. The third kappa shape index (κ3) is 4.07. The minimum atomic E-state index is -0.247. The molecule has 0 bridgehead atoms. The van der Waals surface area contributed by atoms with Gasteiger partial charge in [-0.15, -0.1) is 0 Å². The van der Waals surface area contributed by atoms with E-state index in [9.17, 15) is 9.59 Å². The Morgan fingerprint density at radius 3 is 2.79 bits per heavy atom. The third-order valence-electron chi connectivity index (χ3n) is 4.05. The molecule has 1 saturated carbocycles. The zero-order chi connectivity index (χ0) is 17.1. The van der Waals surface area contributed by atoms with Gasteiger partial charge in [0.2, 0.25) is 0 Å². The van der Waals surface area contributed by atoms with Crippen molar-refractivity contribution >= 4 is 29.2 Å². The van der Waals surface area contributed by atoms with Crippen LogP contribution < -0.4 is 16.2 Å². The molecule has 1 aliphatic rings. The predicted molar refractivity (Wildman–Crippen MR) is 92.5 cm³/mol. The standard InChI is InChI=1S/C16H16Cl2N4O2/c17-11-2-1-9(13(18)5-11)7-19-16(24)22-12-3-10(4-12)14-6-15(23)21-8-20-14/h1-2,5-6,8,10,12H,3-4,7H2,(H2,19,22,24)(H,20,21,23). The molecule has 0 aliphatic heterocycles. The van der Waals surface area contributed by atoms with Crippen molar-refractivity contribution in [2.24, 2.45) is 0 Å². The number of urea groups is 1. The Balaban J connectivity index is 1.44. The monoisotopic (exact) mass is 366 g/mol. The number of amides is 2. The van der Waals surface area contributed by atoms with E-state index in [2.05, 4.69) is 20.6 Å². The first-order chi connectivity index (χ1) is 11.5. The molecular weight excluding hydrogens is 351 g/mol. The molecule has 2 amide bonds. The van der Waals surface area contributed by atoms with Gasteiger partial charge in [-0.3, -0.25) is 4.79 Å². The van der Waals surface area contributed by atoms with E-state index in [-0.39, 0.29) is 23.6 Å². The highest BCUT2D eigenvalue weighted by molar-refractivity contribution is 6.35. The molecule has 24 heavy (non-hydrogen) atoms. The largest absolute Gasteiger partial charge is 0.335 e. The number of hydrogen-bond donors (Lipinski definition) is 3. The van der Waals surface area contributed by atoms with Crippen molar-refractivity contribution in [1.82, 2.24) is 20.6 Å². The van der Waals surface area contributed by atoms with Gasteiger partial charge in [-0.05, 0) is 30.5 Å². The first-order valence-corrected chi connectivity index (χ1v) is 8.30. The lowest BCUT2D eigenvalue weighted by molar-refractivity contribution is 0.221. The molecular formula is C16H16Cl2N4O2. The summed E-state index contributed by atoms with van der Waals surface area (Å²) in [6.07, 6.45) is 2.94. The number of aromatic amines is 1. The van der Waals surface area contributed by atoms with Gasteiger partial charge in [0.1, 0.15) is 0 Å². The average molecular weight is 367 g/mol. The van der Waals surface area contributed by atoms with Crippen LogP contribution in [-0.4, -0.2) is 22.0 Å². The Kier molecular flexibility index (Phi) is 5.06. The molecule has 3 N–H and O–H groups in total. The number of hydrogen-bond acceptors (Lipinski definition) is 3. The van der Waals surface area contributed by atoms with Crippen molar-refractivity contribution in [2.75, 3.05) is 0 Å². The highest BCUT2D eigenvalue weighted by atomic mass is 35.5. The minimum Gasteiger partial charge on any atom is -0.335 e. The molecule has 0 spiro atoms. The van der Waals surface area contributed by atoms with Crippen LogP contribution in [0.4, 0.5) is 4.79 Å². The first kappa shape index (κ1) is 16.8. The molecule has 3 rings (SSSR count). The fourth-order valence-electron chi connectivity index (χ4n) is 2.66. The van der Waals surface area contributed by atoms with Crippen molar-refractivity contribution in [2.45, 2.75) is 31.3 Å². The third-order valence-corrected chi connectivity index (χ3v) is 4.63. The van der Waals surface area contributed by atoms with Crippen LogP contribution in [0.2, 0.25) is 10.0 Å². The van der Waals surface area contributed by atoms with Gasteiger partial charge in [0, 0.05) is 34.6 Å². The lowest BCUT2D eigenvalue weighted by Crippen LogP contribution is -2.47. The second-order valence-corrected chi connectivity index (χ2v) is 6.61. The molecule has 8 heteroatoms. The summed E-state index contributed by atoms with van der Waals surface area (Å²) in [7, 11) is 0. The van der Waals surface area contributed by atoms with Crippen LogP contribution in [-0.2, 0) is 6.54 Å². The zero-order valence-electron chi connectivity index (χ0n) is 12.7. The van der Waals surface area contributed by atoms with Gasteiger partial charge in [-0.1, -0.05) is 29.3 Å². The Morgan fingerprint density at radius 1 is 1.29 bits per heavy atom. The number of carbonyl (C=O) groups is 1. The summed E-state index contributed by atoms with van der Waals surface area (Å²) in [5.41, 5.74) is 1.41. The minimum absolute atomic E-state index is 0.0803. The number of nitrogens with zero attached hydrogens (tertiary/aromatic N) is 1. The number of nitrogens with one attached hydrogen (secondary N) is 3. The second kappa shape index (κ2) is 7.23. The fraction of sp³-hybridized carbons (Fsp3) is 0.312. The van der Waals surface area contributed by atoms with Crippen LogP contribution in [0.15, 0.2) is 35.4 Å². The van der Waals surface area contributed by atoms with Gasteiger partial charge in [0.15, 0.2) is 0 Å². The number of carbonyl (C=O) groups excluding carboxylic acids is 1. The van der Waals surface area contributed by atoms with E-state index >= 15 is 0 Å². The van der Waals surface area contributed by atoms with Gasteiger partial charge >= 0.3 is 6.03 Å². The summed E-state index contributed by atoms with van der Waals surface area (Å²) in [5, 5.41) is 6.75. The molecule has 1 aromatic carbocycles. The predicted octanol–water partition coefficient (Wildman–Crippen LogP) is 2.82. The Bertz CT molecular complexity index is 803. The zero-order valence-corrected chi connectivity index (χ0v) is 14.2. The topological polar surface area (TPSA) is 86.9 Å². The Labute approximate surface area is 148 Å². The second-order valence-electron chi connectivity index (χ2n) is 5.76. The molecule has 0 saturated heterocycles. The quantitative estimate of drug-likeness (QED) is 0.777. The van der Waals surface area contributed by atoms with Gasteiger partial charge in [0.05, 0.1) is 12.0 Å². The maximum Gasteiger partial charge on any atom is 0.315 e. The van der Waals surface area contributed by atoms with Crippen LogP contribution in [0.3, 0.4) is 0 Å². The van der Waals surface area contributed by atoms with Crippen molar-refractivity contribution in [3.05, 3.63) is 62.2 Å². The summed E-state index contributed by atoms with van der Waals surface area (Å²) < 4.78 is 0. The van der Waals surface area contributed by atoms with Crippen LogP contribution in [0.1, 0.15) is 30.0 Å². The van der Waals surface area contributed by atoms with Gasteiger partial charge in [-0.2, -0.15) is 0 Å². The smallest absolute Gasteiger partial charge is 0.315 e. The van der Waals surface area contributed by atoms with E-state index < -0.39 is 0 Å². The number of H-pyrrole nitrogens is 1. The molecule has 1 aliphatic carbocycles. The molecule has 0 atom stereocenters. The Morgan fingerprint density at radius 2 is 2.08 bits per heavy atom. The van der Waals surface area contributed by atoms with E-state index in [0.29, 0.717) is 16.6 Å². The first-order valence-electron chi connectivity index (χ1n) is 7.54. The maximum absolute atomic E-state index is 11.9. The van der Waals surface area contributed by atoms with E-state index in [4.69, 9.17) is 23.2 Å². The summed E-state index contributed by atoms with van der Waals surface area (Å²) in [5.74, 6) is 0.211. The summed E-state index contributed by atoms with van der Waals surface area (Å²) in [4.78, 5) is 29.9. The lowest BCUT2D eigenvalue weighted by Gasteiger charge is -2.35.